The Balaban J connectivity index is 1.27. The summed E-state index contributed by atoms with van der Waals surface area (Å²) in [6.07, 6.45) is -20.3. The van der Waals surface area contributed by atoms with Gasteiger partial charge in [0.1, 0.15) is 68.1 Å². The minimum atomic E-state index is -1.85. The first-order valence-electron chi connectivity index (χ1n) is 27.6. The quantitative estimate of drug-likeness (QED) is 0.0162. The first-order valence-corrected chi connectivity index (χ1v) is 27.6. The highest BCUT2D eigenvalue weighted by Gasteiger charge is 2.58. The second-order valence-corrected chi connectivity index (χ2v) is 20.0. The van der Waals surface area contributed by atoms with Gasteiger partial charge >= 0.3 is 29.8 Å². The van der Waals surface area contributed by atoms with Gasteiger partial charge in [0, 0.05) is 39.7 Å². The Hall–Kier alpha value is -7.64. The Kier molecular flexibility index (Phi) is 23.9. The monoisotopic (exact) mass is 1180 g/mol. The molecular formula is C62H69N3O20. The summed E-state index contributed by atoms with van der Waals surface area (Å²) in [5, 5.41) is 4.13. The summed E-state index contributed by atoms with van der Waals surface area (Å²) in [5.41, 5.74) is 13.8. The molecule has 8 rings (SSSR count). The number of nitrogens with zero attached hydrogens (tertiary/aromatic N) is 3. The van der Waals surface area contributed by atoms with E-state index in [1.807, 2.05) is 121 Å². The minimum Gasteiger partial charge on any atom is -0.463 e. The van der Waals surface area contributed by atoms with E-state index in [1.54, 1.807) is 30.3 Å². The van der Waals surface area contributed by atoms with Crippen LogP contribution in [0.25, 0.3) is 10.4 Å². The van der Waals surface area contributed by atoms with E-state index >= 15 is 0 Å². The lowest BCUT2D eigenvalue weighted by Crippen LogP contribution is -2.68. The number of azide groups is 1. The highest BCUT2D eigenvalue weighted by Crippen LogP contribution is 2.39. The number of rotatable bonds is 27. The van der Waals surface area contributed by atoms with Crippen molar-refractivity contribution in [2.45, 2.75) is 146 Å². The van der Waals surface area contributed by atoms with Gasteiger partial charge in [0.15, 0.2) is 37.2 Å². The molecule has 0 spiro atoms. The fourth-order valence-corrected chi connectivity index (χ4v) is 10.0. The largest absolute Gasteiger partial charge is 0.463 e. The fourth-order valence-electron chi connectivity index (χ4n) is 10.0. The third-order valence-corrected chi connectivity index (χ3v) is 13.8. The SMILES string of the molecule is CO[C@H]1O[C@H](COCc2ccccc2)[C@H](O[C@H]2O[C@H](COC(=O)c3ccccc3)[C@@H](OCc3ccccc3)[C@H](OCc3ccccc3)[C@H]2OCc2ccccc2)[C@H](O[C@@H]2O[C@H](COC(C)=O)[C@@H](OC(C)=O)[C@H](OC(C)=O)[C@H]2OC(C)=O)[C@H]1N=[N+]=[N-]. The molecule has 452 valence electrons. The van der Waals surface area contributed by atoms with Crippen molar-refractivity contribution in [3.8, 4) is 0 Å². The van der Waals surface area contributed by atoms with Crippen LogP contribution in [0.3, 0.4) is 0 Å². The number of hydrogen-bond donors (Lipinski definition) is 0. The average molecular weight is 1180 g/mol. The lowest BCUT2D eigenvalue weighted by Gasteiger charge is -2.51. The zero-order chi connectivity index (χ0) is 60.1. The number of benzene rings is 5. The first kappa shape index (κ1) is 63.4. The molecule has 0 N–H and O–H groups in total. The number of methoxy groups -OCH3 is 1. The van der Waals surface area contributed by atoms with Gasteiger partial charge in [-0.15, -0.1) is 0 Å². The van der Waals surface area contributed by atoms with Crippen molar-refractivity contribution in [3.05, 3.63) is 190 Å². The number of hydrogen-bond acceptors (Lipinski definition) is 21. The maximum absolute atomic E-state index is 13.8. The van der Waals surface area contributed by atoms with Crippen molar-refractivity contribution >= 4 is 29.8 Å². The number of esters is 5. The lowest BCUT2D eigenvalue weighted by atomic mass is 9.94. The van der Waals surface area contributed by atoms with Crippen LogP contribution >= 0.6 is 0 Å². The van der Waals surface area contributed by atoms with E-state index in [4.69, 9.17) is 71.1 Å². The molecular weight excluding hydrogens is 1110 g/mol. The Bertz CT molecular complexity index is 2950. The van der Waals surface area contributed by atoms with Gasteiger partial charge in [-0.1, -0.05) is 145 Å². The summed E-state index contributed by atoms with van der Waals surface area (Å²) in [4.78, 5) is 68.2. The maximum Gasteiger partial charge on any atom is 0.338 e. The smallest absolute Gasteiger partial charge is 0.338 e. The summed E-state index contributed by atoms with van der Waals surface area (Å²) in [7, 11) is 1.31. The van der Waals surface area contributed by atoms with Crippen molar-refractivity contribution in [2.24, 2.45) is 5.11 Å². The summed E-state index contributed by atoms with van der Waals surface area (Å²) >= 11 is 0. The molecule has 85 heavy (non-hydrogen) atoms. The van der Waals surface area contributed by atoms with E-state index in [0.29, 0.717) is 0 Å². The van der Waals surface area contributed by atoms with Crippen LogP contribution in [-0.4, -0.2) is 149 Å². The van der Waals surface area contributed by atoms with Crippen LogP contribution in [0.4, 0.5) is 0 Å². The summed E-state index contributed by atoms with van der Waals surface area (Å²) < 4.78 is 96.1. The molecule has 23 heteroatoms. The zero-order valence-electron chi connectivity index (χ0n) is 47.6. The van der Waals surface area contributed by atoms with E-state index in [0.717, 1.165) is 49.9 Å². The summed E-state index contributed by atoms with van der Waals surface area (Å²) in [6, 6.07) is 44.3. The Labute approximate surface area is 491 Å². The van der Waals surface area contributed by atoms with Crippen LogP contribution in [-0.2, 0) is 117 Å². The Morgan fingerprint density at radius 2 is 0.847 bits per heavy atom. The number of ether oxygens (including phenoxy) is 15. The van der Waals surface area contributed by atoms with Crippen LogP contribution in [0.5, 0.6) is 0 Å². The molecule has 3 fully saturated rings. The van der Waals surface area contributed by atoms with E-state index in [2.05, 4.69) is 10.0 Å². The van der Waals surface area contributed by atoms with Gasteiger partial charge in [-0.05, 0) is 39.9 Å². The van der Waals surface area contributed by atoms with Gasteiger partial charge in [-0.25, -0.2) is 4.79 Å². The third-order valence-electron chi connectivity index (χ3n) is 13.8. The standard InChI is InChI=1S/C62H69N3O20/c1-38(66)73-36-49-53(78-39(2)67)56(79-40(3)68)58(80-41(4)69)62(83-49)85-54-50(64-65-63)60(71-5)81-47(35-72-31-42-21-11-6-12-22-42)52(54)84-61-57(76-34-45-27-17-9-18-28-45)55(75-33-44-25-15-8-16-26-44)51(74-32-43-23-13-7-14-24-43)48(82-61)37-77-59(70)46-29-19-10-20-30-46/h6-30,47-58,60-62H,31-37H2,1-5H3/t47-,48-,49-,50-,51-,52+,53-,54-,55+,56+,57-,58-,60+,61-,62+/m1/s1. The van der Waals surface area contributed by atoms with Crippen molar-refractivity contribution in [1.82, 2.24) is 0 Å². The second-order valence-electron chi connectivity index (χ2n) is 20.0. The molecule has 3 saturated heterocycles. The predicted molar refractivity (Wildman–Crippen MR) is 297 cm³/mol. The van der Waals surface area contributed by atoms with Crippen molar-refractivity contribution in [1.29, 1.82) is 0 Å². The first-order chi connectivity index (χ1) is 41.3. The van der Waals surface area contributed by atoms with Gasteiger partial charge < -0.3 is 71.1 Å². The van der Waals surface area contributed by atoms with E-state index in [9.17, 15) is 29.5 Å². The van der Waals surface area contributed by atoms with Crippen LogP contribution in [0.2, 0.25) is 0 Å². The maximum atomic E-state index is 13.8. The molecule has 0 unspecified atom stereocenters. The minimum absolute atomic E-state index is 0.0246. The molecule has 5 aromatic rings. The average Bonchev–Trinajstić information content (AvgIpc) is 2.67. The van der Waals surface area contributed by atoms with Gasteiger partial charge in [0.2, 0.25) is 0 Å². The molecule has 0 aliphatic carbocycles. The highest BCUT2D eigenvalue weighted by molar-refractivity contribution is 5.89. The third kappa shape index (κ3) is 18.2. The Morgan fingerprint density at radius 1 is 0.435 bits per heavy atom. The molecule has 0 amide bonds. The molecule has 0 aromatic heterocycles. The van der Waals surface area contributed by atoms with Crippen LogP contribution in [0.1, 0.15) is 60.3 Å². The van der Waals surface area contributed by atoms with Gasteiger partial charge in [0.05, 0.1) is 38.6 Å². The molecule has 3 aliphatic heterocycles. The normalized spacial score (nSPS) is 27.3. The van der Waals surface area contributed by atoms with Crippen molar-refractivity contribution in [2.75, 3.05) is 26.9 Å². The second kappa shape index (κ2) is 32.0. The zero-order valence-corrected chi connectivity index (χ0v) is 47.6. The van der Waals surface area contributed by atoms with Crippen molar-refractivity contribution < 1.29 is 95.0 Å². The lowest BCUT2D eigenvalue weighted by molar-refractivity contribution is -0.379. The predicted octanol–water partition coefficient (Wildman–Crippen LogP) is 7.45. The Morgan fingerprint density at radius 3 is 1.35 bits per heavy atom. The van der Waals surface area contributed by atoms with Crippen LogP contribution in [0.15, 0.2) is 157 Å². The fraction of sp³-hybridized carbons (Fsp3) is 0.435. The summed E-state index contributed by atoms with van der Waals surface area (Å²) in [5.74, 6) is -4.07. The molecule has 3 aliphatic rings. The number of carbonyl (C=O) groups is 5. The van der Waals surface area contributed by atoms with Gasteiger partial charge in [-0.2, -0.15) is 0 Å². The molecule has 23 nitrogen and oxygen atoms in total. The van der Waals surface area contributed by atoms with E-state index in [1.165, 1.54) is 7.11 Å². The molecule has 3 heterocycles. The molecule has 5 aromatic carbocycles. The highest BCUT2D eigenvalue weighted by atomic mass is 16.8. The van der Waals surface area contributed by atoms with E-state index < -0.39 is 135 Å². The van der Waals surface area contributed by atoms with E-state index in [-0.39, 0.29) is 38.6 Å². The van der Waals surface area contributed by atoms with Gasteiger partial charge in [-0.3, -0.25) is 19.2 Å². The topological polar surface area (TPSA) is 273 Å². The van der Waals surface area contributed by atoms with Crippen LogP contribution in [0, 0.1) is 0 Å². The molecule has 0 bridgehead atoms. The molecule has 15 atom stereocenters. The number of carbonyl (C=O) groups excluding carboxylic acids is 5. The van der Waals surface area contributed by atoms with Gasteiger partial charge in [0.25, 0.3) is 0 Å². The van der Waals surface area contributed by atoms with Crippen molar-refractivity contribution in [3.63, 3.8) is 0 Å². The molecule has 0 saturated carbocycles. The summed E-state index contributed by atoms with van der Waals surface area (Å²) in [6.45, 7) is 3.24. The molecule has 0 radical (unpaired) electrons. The van der Waals surface area contributed by atoms with Crippen LogP contribution < -0.4 is 0 Å².